The van der Waals surface area contributed by atoms with Crippen molar-refractivity contribution in [1.29, 1.82) is 0 Å². The van der Waals surface area contributed by atoms with E-state index < -0.39 is 51.0 Å². The number of allylic oxidation sites excluding steroid dienone is 6. The third-order valence-electron chi connectivity index (χ3n) is 10.8. The number of fused-ring (bicyclic) bond motifs is 3. The van der Waals surface area contributed by atoms with E-state index in [1.54, 1.807) is 6.92 Å². The highest BCUT2D eigenvalue weighted by atomic mass is 16.3. The van der Waals surface area contributed by atoms with Gasteiger partial charge in [-0.3, -0.25) is 14.4 Å². The molecule has 0 aromatic heterocycles. The molecule has 0 radical (unpaired) electrons. The molecule has 5 rings (SSSR count). The number of phenolic OH excluding ortho intramolecular Hbond substituents is 1. The van der Waals surface area contributed by atoms with E-state index in [9.17, 15) is 34.8 Å². The predicted molar refractivity (Wildman–Crippen MR) is 165 cm³/mol. The largest absolute Gasteiger partial charge is 0.511 e. The maximum Gasteiger partial charge on any atom is 0.209 e. The first kappa shape index (κ1) is 31.0. The number of benzene rings is 1. The molecule has 1 aromatic rings. The van der Waals surface area contributed by atoms with Crippen LogP contribution in [0, 0.1) is 28.6 Å². The first-order valence-electron chi connectivity index (χ1n) is 15.5. The monoisotopic (exact) mass is 588 g/mol. The summed E-state index contributed by atoms with van der Waals surface area (Å²) >= 11 is 0. The molecule has 0 aliphatic heterocycles. The molecule has 7 nitrogen and oxygen atoms in total. The van der Waals surface area contributed by atoms with Gasteiger partial charge in [0, 0.05) is 22.3 Å². The van der Waals surface area contributed by atoms with Gasteiger partial charge in [-0.25, -0.2) is 0 Å². The average Bonchev–Trinajstić information content (AvgIpc) is 3.45. The molecule has 43 heavy (non-hydrogen) atoms. The summed E-state index contributed by atoms with van der Waals surface area (Å²) in [7, 11) is 0. The van der Waals surface area contributed by atoms with Gasteiger partial charge in [0.2, 0.25) is 5.78 Å². The maximum atomic E-state index is 14.6. The minimum Gasteiger partial charge on any atom is -0.511 e. The highest BCUT2D eigenvalue weighted by molar-refractivity contribution is 6.25. The maximum absolute atomic E-state index is 14.6. The summed E-state index contributed by atoms with van der Waals surface area (Å²) in [6, 6.07) is 1.99. The predicted octanol–water partition coefficient (Wildman–Crippen LogP) is 6.67. The van der Waals surface area contributed by atoms with Crippen LogP contribution in [0.4, 0.5) is 0 Å². The SMILES string of the molecule is CCC(CC)Cc1cc(C2=CCC=C2)c2c(c1O)C(=O)C1=C(O)[C@@]3(O)C(=O)C(C(C)=O)=C(O)C(C(C)C)[C@@]3(C)C[C@@]1(C)C2. The summed E-state index contributed by atoms with van der Waals surface area (Å²) in [5.74, 6) is -4.60. The van der Waals surface area contributed by atoms with Gasteiger partial charge in [0.1, 0.15) is 22.8 Å². The number of aliphatic hydroxyl groups is 3. The van der Waals surface area contributed by atoms with Crippen molar-refractivity contribution < 1.29 is 34.8 Å². The quantitative estimate of drug-likeness (QED) is 0.262. The standard InChI is InChI=1S/C36H44O7/c1-8-20(9-2)14-22-15-23(21-12-10-11-13-21)24-16-34(6)17-35(7)27(18(3)4)30(39)25(19(5)37)32(41)36(35,43)33(42)28(34)31(40)26(24)29(22)38/h10,12-13,15,18,20,27,38-39,42-43H,8-9,11,14,16-17H2,1-7H3/t27?,34-,35-,36+/m1/s1. The van der Waals surface area contributed by atoms with Gasteiger partial charge < -0.3 is 20.4 Å². The molecule has 0 fully saturated rings. The average molecular weight is 589 g/mol. The molecule has 4 aliphatic rings. The van der Waals surface area contributed by atoms with Crippen LogP contribution < -0.4 is 0 Å². The number of phenols is 1. The summed E-state index contributed by atoms with van der Waals surface area (Å²) in [6.45, 7) is 12.5. The molecule has 1 unspecified atom stereocenters. The van der Waals surface area contributed by atoms with Crippen molar-refractivity contribution in [2.45, 2.75) is 92.6 Å². The van der Waals surface area contributed by atoms with Crippen molar-refractivity contribution >= 4 is 22.9 Å². The summed E-state index contributed by atoms with van der Waals surface area (Å²) in [6.07, 6.45) is 9.65. The van der Waals surface area contributed by atoms with E-state index >= 15 is 0 Å². The van der Waals surface area contributed by atoms with Crippen molar-refractivity contribution in [1.82, 2.24) is 0 Å². The fourth-order valence-electron chi connectivity index (χ4n) is 8.82. The number of aromatic hydroxyl groups is 1. The van der Waals surface area contributed by atoms with E-state index in [2.05, 4.69) is 19.9 Å². The van der Waals surface area contributed by atoms with Crippen LogP contribution >= 0.6 is 0 Å². The molecule has 0 saturated carbocycles. The Balaban J connectivity index is 1.81. The van der Waals surface area contributed by atoms with Crippen LogP contribution in [0.25, 0.3) is 5.57 Å². The van der Waals surface area contributed by atoms with Gasteiger partial charge in [0.25, 0.3) is 0 Å². The van der Waals surface area contributed by atoms with Crippen molar-refractivity contribution in [3.05, 3.63) is 69.2 Å². The second-order valence-corrected chi connectivity index (χ2v) is 13.9. The van der Waals surface area contributed by atoms with E-state index in [1.807, 2.05) is 39.0 Å². The zero-order valence-electron chi connectivity index (χ0n) is 26.3. The smallest absolute Gasteiger partial charge is 0.209 e. The number of carbonyl (C=O) groups is 3. The highest BCUT2D eigenvalue weighted by Gasteiger charge is 2.71. The van der Waals surface area contributed by atoms with Crippen molar-refractivity contribution in [3.63, 3.8) is 0 Å². The van der Waals surface area contributed by atoms with Crippen LogP contribution in [0.1, 0.15) is 101 Å². The zero-order chi connectivity index (χ0) is 31.8. The molecule has 1 aromatic carbocycles. The Morgan fingerprint density at radius 3 is 2.28 bits per heavy atom. The number of ketones is 3. The lowest BCUT2D eigenvalue weighted by Crippen LogP contribution is -2.67. The molecule has 230 valence electrons. The Morgan fingerprint density at radius 2 is 1.74 bits per heavy atom. The van der Waals surface area contributed by atoms with Crippen molar-refractivity contribution in [2.75, 3.05) is 0 Å². The lowest BCUT2D eigenvalue weighted by Gasteiger charge is -2.59. The van der Waals surface area contributed by atoms with Crippen LogP contribution in [0.5, 0.6) is 5.75 Å². The summed E-state index contributed by atoms with van der Waals surface area (Å²) in [5.41, 5.74) is -2.50. The zero-order valence-corrected chi connectivity index (χ0v) is 26.3. The lowest BCUT2D eigenvalue weighted by molar-refractivity contribution is -0.171. The minimum absolute atomic E-state index is 0.0789. The topological polar surface area (TPSA) is 132 Å². The summed E-state index contributed by atoms with van der Waals surface area (Å²) in [4.78, 5) is 41.1. The van der Waals surface area contributed by atoms with Crippen LogP contribution in [0.2, 0.25) is 0 Å². The van der Waals surface area contributed by atoms with E-state index in [1.165, 1.54) is 0 Å². The Bertz CT molecular complexity index is 1570. The molecule has 0 amide bonds. The first-order valence-corrected chi connectivity index (χ1v) is 15.5. The van der Waals surface area contributed by atoms with Gasteiger partial charge in [-0.05, 0) is 72.8 Å². The molecule has 4 aliphatic carbocycles. The molecule has 4 atom stereocenters. The van der Waals surface area contributed by atoms with Crippen LogP contribution in [-0.4, -0.2) is 43.4 Å². The summed E-state index contributed by atoms with van der Waals surface area (Å²) < 4.78 is 0. The molecule has 4 N–H and O–H groups in total. The minimum atomic E-state index is -2.61. The van der Waals surface area contributed by atoms with Crippen LogP contribution in [0.3, 0.4) is 0 Å². The number of hydrogen-bond acceptors (Lipinski definition) is 7. The Hall–Kier alpha value is -3.45. The molecule has 0 spiro atoms. The van der Waals surface area contributed by atoms with Gasteiger partial charge in [-0.2, -0.15) is 0 Å². The third kappa shape index (κ3) is 4.14. The molecular formula is C36H44O7. The van der Waals surface area contributed by atoms with Gasteiger partial charge >= 0.3 is 0 Å². The van der Waals surface area contributed by atoms with E-state index in [-0.39, 0.29) is 41.4 Å². The second kappa shape index (κ2) is 10.3. The fraction of sp³-hybridized carbons (Fsp3) is 0.528. The number of carbonyl (C=O) groups excluding carboxylic acids is 3. The number of aliphatic hydroxyl groups excluding tert-OH is 2. The van der Waals surface area contributed by atoms with Crippen LogP contribution in [-0.2, 0) is 22.4 Å². The van der Waals surface area contributed by atoms with E-state index in [0.717, 1.165) is 37.3 Å². The van der Waals surface area contributed by atoms with E-state index in [0.29, 0.717) is 23.5 Å². The molecular weight excluding hydrogens is 544 g/mol. The Labute approximate surface area is 253 Å². The fourth-order valence-corrected chi connectivity index (χ4v) is 8.82. The lowest BCUT2D eigenvalue weighted by atomic mass is 9.44. The summed E-state index contributed by atoms with van der Waals surface area (Å²) in [5, 5.41) is 47.3. The van der Waals surface area contributed by atoms with Gasteiger partial charge in [0.15, 0.2) is 17.2 Å². The molecule has 0 bridgehead atoms. The first-order chi connectivity index (χ1) is 20.1. The molecule has 7 heteroatoms. The number of Topliss-reactive ketones (excluding diaryl/α,β-unsaturated/α-hetero) is 3. The van der Waals surface area contributed by atoms with Gasteiger partial charge in [-0.15, -0.1) is 0 Å². The van der Waals surface area contributed by atoms with Gasteiger partial charge in [-0.1, -0.05) is 72.6 Å². The van der Waals surface area contributed by atoms with E-state index in [4.69, 9.17) is 0 Å². The highest BCUT2D eigenvalue weighted by Crippen LogP contribution is 2.65. The number of hydrogen-bond donors (Lipinski definition) is 4. The molecule has 0 saturated heterocycles. The second-order valence-electron chi connectivity index (χ2n) is 13.9. The number of rotatable bonds is 7. The molecule has 0 heterocycles. The van der Waals surface area contributed by atoms with Crippen LogP contribution in [0.15, 0.2) is 47.0 Å². The van der Waals surface area contributed by atoms with Gasteiger partial charge in [0.05, 0.1) is 5.56 Å². The van der Waals surface area contributed by atoms with Crippen molar-refractivity contribution in [3.8, 4) is 5.75 Å². The Morgan fingerprint density at radius 1 is 1.09 bits per heavy atom. The van der Waals surface area contributed by atoms with Crippen molar-refractivity contribution in [2.24, 2.45) is 28.6 Å². The normalized spacial score (nSPS) is 30.2. The third-order valence-corrected chi connectivity index (χ3v) is 10.8. The Kier molecular flexibility index (Phi) is 7.44.